The van der Waals surface area contributed by atoms with Gasteiger partial charge in [0.05, 0.1) is 28.6 Å². The lowest BCUT2D eigenvalue weighted by atomic mass is 10.2. The first kappa shape index (κ1) is 13.7. The molecule has 5 nitrogen and oxygen atoms in total. The summed E-state index contributed by atoms with van der Waals surface area (Å²) in [6.45, 7) is 3.63. The van der Waals surface area contributed by atoms with E-state index in [1.807, 2.05) is 42.2 Å². The molecule has 0 fully saturated rings. The molecule has 21 heavy (non-hydrogen) atoms. The van der Waals surface area contributed by atoms with Crippen LogP contribution in [0.5, 0.6) is 0 Å². The van der Waals surface area contributed by atoms with Crippen molar-refractivity contribution in [1.82, 2.24) is 25.1 Å². The number of fused-ring (bicyclic) bond motifs is 1. The summed E-state index contributed by atoms with van der Waals surface area (Å²) in [5, 5.41) is 7.86. The molecule has 0 amide bonds. The minimum absolute atomic E-state index is 0.704. The van der Waals surface area contributed by atoms with Crippen LogP contribution in [-0.4, -0.2) is 19.7 Å². The Hall–Kier alpha value is -2.27. The first-order chi connectivity index (χ1) is 10.3. The van der Waals surface area contributed by atoms with Crippen LogP contribution in [0.1, 0.15) is 23.9 Å². The SMILES string of the molecule is CCc1nn(C)cc1CNCc1cnc2ccccc2n1. The lowest BCUT2D eigenvalue weighted by molar-refractivity contribution is 0.675. The fourth-order valence-electron chi connectivity index (χ4n) is 2.43. The van der Waals surface area contributed by atoms with Crippen molar-refractivity contribution in [1.29, 1.82) is 0 Å². The highest BCUT2D eigenvalue weighted by molar-refractivity contribution is 5.73. The molecule has 0 aliphatic carbocycles. The minimum atomic E-state index is 0.704. The molecule has 0 aliphatic heterocycles. The van der Waals surface area contributed by atoms with Crippen LogP contribution in [0.25, 0.3) is 11.0 Å². The monoisotopic (exact) mass is 281 g/mol. The van der Waals surface area contributed by atoms with Gasteiger partial charge in [0.2, 0.25) is 0 Å². The summed E-state index contributed by atoms with van der Waals surface area (Å²) in [5.41, 5.74) is 5.22. The van der Waals surface area contributed by atoms with Crippen molar-refractivity contribution in [2.24, 2.45) is 7.05 Å². The van der Waals surface area contributed by atoms with Crippen molar-refractivity contribution in [3.63, 3.8) is 0 Å². The van der Waals surface area contributed by atoms with Crippen LogP contribution in [0.15, 0.2) is 36.7 Å². The van der Waals surface area contributed by atoms with Crippen molar-refractivity contribution in [3.05, 3.63) is 53.6 Å². The van der Waals surface area contributed by atoms with Crippen LogP contribution in [-0.2, 0) is 26.6 Å². The Kier molecular flexibility index (Phi) is 3.92. The molecular weight excluding hydrogens is 262 g/mol. The van der Waals surface area contributed by atoms with Gasteiger partial charge in [-0.3, -0.25) is 9.67 Å². The largest absolute Gasteiger partial charge is 0.307 e. The second-order valence-electron chi connectivity index (χ2n) is 5.08. The van der Waals surface area contributed by atoms with Gasteiger partial charge < -0.3 is 5.32 Å². The fraction of sp³-hybridized carbons (Fsp3) is 0.312. The van der Waals surface area contributed by atoms with Crippen LogP contribution in [0.4, 0.5) is 0 Å². The van der Waals surface area contributed by atoms with Gasteiger partial charge in [0.15, 0.2) is 0 Å². The van der Waals surface area contributed by atoms with Crippen molar-refractivity contribution in [2.45, 2.75) is 26.4 Å². The molecule has 3 rings (SSSR count). The number of aromatic nitrogens is 4. The number of aryl methyl sites for hydroxylation is 2. The van der Waals surface area contributed by atoms with E-state index in [1.165, 1.54) is 5.56 Å². The fourth-order valence-corrected chi connectivity index (χ4v) is 2.43. The first-order valence-corrected chi connectivity index (χ1v) is 7.19. The summed E-state index contributed by atoms with van der Waals surface area (Å²) < 4.78 is 1.87. The van der Waals surface area contributed by atoms with Gasteiger partial charge in [0.25, 0.3) is 0 Å². The Morgan fingerprint density at radius 3 is 2.76 bits per heavy atom. The van der Waals surface area contributed by atoms with Crippen LogP contribution in [0.3, 0.4) is 0 Å². The number of hydrogen-bond acceptors (Lipinski definition) is 4. The summed E-state index contributed by atoms with van der Waals surface area (Å²) in [6, 6.07) is 7.92. The third-order valence-corrected chi connectivity index (χ3v) is 3.45. The van der Waals surface area contributed by atoms with E-state index in [-0.39, 0.29) is 0 Å². The molecule has 2 heterocycles. The maximum Gasteiger partial charge on any atom is 0.0890 e. The number of hydrogen-bond donors (Lipinski definition) is 1. The zero-order chi connectivity index (χ0) is 14.7. The van der Waals surface area contributed by atoms with Gasteiger partial charge >= 0.3 is 0 Å². The number of nitrogens with zero attached hydrogens (tertiary/aromatic N) is 4. The Labute approximate surface area is 124 Å². The van der Waals surface area contributed by atoms with E-state index in [4.69, 9.17) is 0 Å². The van der Waals surface area contributed by atoms with Crippen molar-refractivity contribution in [3.8, 4) is 0 Å². The average molecular weight is 281 g/mol. The van der Waals surface area contributed by atoms with E-state index in [0.29, 0.717) is 6.54 Å². The van der Waals surface area contributed by atoms with Gasteiger partial charge in [-0.25, -0.2) is 4.98 Å². The molecule has 0 saturated heterocycles. The number of benzene rings is 1. The second kappa shape index (κ2) is 6.01. The summed E-state index contributed by atoms with van der Waals surface area (Å²) in [6.07, 6.45) is 4.85. The van der Waals surface area contributed by atoms with Gasteiger partial charge in [-0.05, 0) is 18.6 Å². The van der Waals surface area contributed by atoms with E-state index < -0.39 is 0 Å². The standard InChI is InChI=1S/C16H19N5/c1-3-14-12(11-21(2)20-14)8-17-9-13-10-18-15-6-4-5-7-16(15)19-13/h4-7,10-11,17H,3,8-9H2,1-2H3. The molecule has 0 saturated carbocycles. The van der Waals surface area contributed by atoms with Gasteiger partial charge in [-0.2, -0.15) is 5.10 Å². The maximum atomic E-state index is 4.61. The third-order valence-electron chi connectivity index (χ3n) is 3.45. The molecule has 0 aliphatic rings. The zero-order valence-corrected chi connectivity index (χ0v) is 12.4. The van der Waals surface area contributed by atoms with Crippen molar-refractivity contribution in [2.75, 3.05) is 0 Å². The van der Waals surface area contributed by atoms with Gasteiger partial charge in [-0.1, -0.05) is 19.1 Å². The third kappa shape index (κ3) is 3.08. The molecule has 2 aromatic heterocycles. The summed E-state index contributed by atoms with van der Waals surface area (Å²) >= 11 is 0. The molecule has 0 unspecified atom stereocenters. The Morgan fingerprint density at radius 2 is 1.95 bits per heavy atom. The summed E-state index contributed by atoms with van der Waals surface area (Å²) in [7, 11) is 1.96. The normalized spacial score (nSPS) is 11.1. The molecule has 3 aromatic rings. The molecule has 0 atom stereocenters. The second-order valence-corrected chi connectivity index (χ2v) is 5.08. The molecule has 1 N–H and O–H groups in total. The van der Waals surface area contributed by atoms with Crippen LogP contribution >= 0.6 is 0 Å². The Balaban J connectivity index is 1.66. The quantitative estimate of drug-likeness (QED) is 0.779. The number of nitrogens with one attached hydrogen (secondary N) is 1. The Morgan fingerprint density at radius 1 is 1.14 bits per heavy atom. The predicted molar refractivity (Wildman–Crippen MR) is 82.7 cm³/mol. The molecule has 108 valence electrons. The Bertz CT molecular complexity index is 747. The molecule has 5 heteroatoms. The molecule has 0 radical (unpaired) electrons. The van der Waals surface area contributed by atoms with E-state index >= 15 is 0 Å². The van der Waals surface area contributed by atoms with E-state index in [9.17, 15) is 0 Å². The highest BCUT2D eigenvalue weighted by atomic mass is 15.3. The maximum absolute atomic E-state index is 4.61. The van der Waals surface area contributed by atoms with Gasteiger partial charge in [0.1, 0.15) is 0 Å². The lowest BCUT2D eigenvalue weighted by Crippen LogP contribution is -2.14. The van der Waals surface area contributed by atoms with Crippen molar-refractivity contribution >= 4 is 11.0 Å². The topological polar surface area (TPSA) is 55.6 Å². The van der Waals surface area contributed by atoms with Crippen molar-refractivity contribution < 1.29 is 0 Å². The average Bonchev–Trinajstić information content (AvgIpc) is 2.87. The minimum Gasteiger partial charge on any atom is -0.307 e. The molecule has 1 aromatic carbocycles. The van der Waals surface area contributed by atoms with E-state index in [0.717, 1.165) is 35.4 Å². The van der Waals surface area contributed by atoms with Gasteiger partial charge in [0, 0.05) is 31.9 Å². The first-order valence-electron chi connectivity index (χ1n) is 7.19. The van der Waals surface area contributed by atoms with E-state index in [2.05, 4.69) is 33.5 Å². The molecule has 0 bridgehead atoms. The smallest absolute Gasteiger partial charge is 0.0890 e. The lowest BCUT2D eigenvalue weighted by Gasteiger charge is -2.05. The highest BCUT2D eigenvalue weighted by Crippen LogP contribution is 2.09. The zero-order valence-electron chi connectivity index (χ0n) is 12.4. The molecule has 0 spiro atoms. The van der Waals surface area contributed by atoms with Gasteiger partial charge in [-0.15, -0.1) is 0 Å². The van der Waals surface area contributed by atoms with E-state index in [1.54, 1.807) is 0 Å². The number of rotatable bonds is 5. The number of para-hydroxylation sites is 2. The van der Waals surface area contributed by atoms with Crippen LogP contribution in [0.2, 0.25) is 0 Å². The summed E-state index contributed by atoms with van der Waals surface area (Å²) in [4.78, 5) is 9.03. The predicted octanol–water partition coefficient (Wildman–Crippen LogP) is 2.22. The highest BCUT2D eigenvalue weighted by Gasteiger charge is 2.05. The summed E-state index contributed by atoms with van der Waals surface area (Å²) in [5.74, 6) is 0. The molecular formula is C16H19N5. The van der Waals surface area contributed by atoms with Crippen LogP contribution < -0.4 is 5.32 Å². The van der Waals surface area contributed by atoms with Crippen LogP contribution in [0, 0.1) is 0 Å².